The summed E-state index contributed by atoms with van der Waals surface area (Å²) in [5, 5.41) is 16.6. The number of aromatic nitrogens is 3. The van der Waals surface area contributed by atoms with E-state index in [9.17, 15) is 0 Å². The van der Waals surface area contributed by atoms with Crippen LogP contribution in [0.2, 0.25) is 4.34 Å². The van der Waals surface area contributed by atoms with Gasteiger partial charge in [0.25, 0.3) is 0 Å². The number of para-hydroxylation sites is 1. The molecule has 0 fully saturated rings. The molecule has 0 amide bonds. The molecule has 3 rings (SSSR count). The molecule has 0 spiro atoms. The molecule has 8 heteroatoms. The van der Waals surface area contributed by atoms with Gasteiger partial charge >= 0.3 is 0 Å². The number of rotatable bonds is 3. The van der Waals surface area contributed by atoms with Crippen LogP contribution in [0.4, 0.5) is 5.69 Å². The van der Waals surface area contributed by atoms with Crippen LogP contribution in [-0.4, -0.2) is 15.2 Å². The average Bonchev–Trinajstić information content (AvgIpc) is 3.02. The summed E-state index contributed by atoms with van der Waals surface area (Å²) in [6.07, 6.45) is 1.61. The molecule has 1 aromatic carbocycles. The second kappa shape index (κ2) is 5.09. The Morgan fingerprint density at radius 2 is 2.37 bits per heavy atom. The zero-order chi connectivity index (χ0) is 13.2. The Kier molecular flexibility index (Phi) is 3.29. The van der Waals surface area contributed by atoms with Crippen molar-refractivity contribution in [2.45, 2.75) is 4.34 Å². The fourth-order valence-corrected chi connectivity index (χ4v) is 3.41. The highest BCUT2D eigenvalue weighted by atomic mass is 35.5. The molecule has 2 heterocycles. The number of anilines is 1. The summed E-state index contributed by atoms with van der Waals surface area (Å²) >= 11 is 8.59. The molecule has 0 aliphatic heterocycles. The van der Waals surface area contributed by atoms with Gasteiger partial charge in [-0.1, -0.05) is 29.0 Å². The molecule has 0 aliphatic carbocycles. The van der Waals surface area contributed by atoms with Crippen LogP contribution < -0.4 is 4.72 Å². The Labute approximate surface area is 121 Å². The molecule has 0 saturated heterocycles. The van der Waals surface area contributed by atoms with Crippen LogP contribution in [0.15, 0.2) is 28.7 Å². The normalized spacial score (nSPS) is 10.5. The molecular weight excluding hydrogens is 302 g/mol. The number of hydrogen-bond donors (Lipinski definition) is 2. The predicted octanol–water partition coefficient (Wildman–Crippen LogP) is 3.66. The fraction of sp³-hybridized carbons (Fsp3) is 0. The summed E-state index contributed by atoms with van der Waals surface area (Å²) in [5.41, 5.74) is 2.04. The topological polar surface area (TPSA) is 77.4 Å². The van der Waals surface area contributed by atoms with Crippen LogP contribution in [0.5, 0.6) is 0 Å². The number of H-pyrrole nitrogens is 1. The number of benzene rings is 1. The second-order valence-corrected chi connectivity index (χ2v) is 6.26. The lowest BCUT2D eigenvalue weighted by Crippen LogP contribution is -1.87. The molecule has 5 nitrogen and oxygen atoms in total. The van der Waals surface area contributed by atoms with Gasteiger partial charge in [0.2, 0.25) is 0 Å². The van der Waals surface area contributed by atoms with Crippen molar-refractivity contribution in [1.29, 1.82) is 5.26 Å². The first-order valence-electron chi connectivity index (χ1n) is 5.19. The third-order valence-electron chi connectivity index (χ3n) is 2.41. The highest BCUT2D eigenvalue weighted by Gasteiger charge is 2.09. The van der Waals surface area contributed by atoms with Gasteiger partial charge in [-0.25, -0.2) is 4.98 Å². The first-order chi connectivity index (χ1) is 9.28. The highest BCUT2D eigenvalue weighted by Crippen LogP contribution is 2.31. The maximum Gasteiger partial charge on any atom is 0.171 e. The average molecular weight is 308 g/mol. The standard InChI is InChI=1S/C11H6ClN5S2/c12-9-5-14-11(18-9)19-17-7-3-1-2-6-8(4-13)15-16-10(6)7/h1-3,5,17H,(H,15,16). The van der Waals surface area contributed by atoms with Gasteiger partial charge in [-0.15, -0.1) is 0 Å². The molecular formula is C11H6ClN5S2. The zero-order valence-electron chi connectivity index (χ0n) is 9.35. The molecule has 94 valence electrons. The number of halogens is 1. The Bertz CT molecular complexity index is 773. The molecule has 0 unspecified atom stereocenters. The Morgan fingerprint density at radius 3 is 3.11 bits per heavy atom. The summed E-state index contributed by atoms with van der Waals surface area (Å²) in [7, 11) is 0. The van der Waals surface area contributed by atoms with Crippen molar-refractivity contribution in [1.82, 2.24) is 15.2 Å². The number of nitrogens with one attached hydrogen (secondary N) is 2. The monoisotopic (exact) mass is 307 g/mol. The minimum Gasteiger partial charge on any atom is -0.322 e. The van der Waals surface area contributed by atoms with Crippen molar-refractivity contribution in [2.75, 3.05) is 4.72 Å². The molecule has 0 bridgehead atoms. The summed E-state index contributed by atoms with van der Waals surface area (Å²) in [6.45, 7) is 0. The van der Waals surface area contributed by atoms with E-state index in [0.29, 0.717) is 10.0 Å². The summed E-state index contributed by atoms with van der Waals surface area (Å²) in [4.78, 5) is 4.14. The maximum absolute atomic E-state index is 8.94. The van der Waals surface area contributed by atoms with E-state index in [2.05, 4.69) is 19.9 Å². The number of aromatic amines is 1. The highest BCUT2D eigenvalue weighted by molar-refractivity contribution is 8.02. The largest absolute Gasteiger partial charge is 0.322 e. The molecule has 3 aromatic rings. The van der Waals surface area contributed by atoms with Crippen LogP contribution in [0.1, 0.15) is 5.69 Å². The van der Waals surface area contributed by atoms with E-state index in [1.165, 1.54) is 23.3 Å². The molecule has 19 heavy (non-hydrogen) atoms. The van der Waals surface area contributed by atoms with Crippen molar-refractivity contribution in [3.63, 3.8) is 0 Å². The number of hydrogen-bond acceptors (Lipinski definition) is 6. The summed E-state index contributed by atoms with van der Waals surface area (Å²) in [6, 6.07) is 7.68. The first-order valence-corrected chi connectivity index (χ1v) is 7.20. The van der Waals surface area contributed by atoms with Gasteiger partial charge in [0.05, 0.1) is 17.4 Å². The SMILES string of the molecule is N#Cc1n[nH]c2c(NSc3ncc(Cl)s3)cccc12. The van der Waals surface area contributed by atoms with Crippen LogP contribution in [-0.2, 0) is 0 Å². The van der Waals surface area contributed by atoms with Gasteiger partial charge < -0.3 is 4.72 Å². The Hall–Kier alpha value is -1.75. The second-order valence-electron chi connectivity index (χ2n) is 3.55. The lowest BCUT2D eigenvalue weighted by molar-refractivity contribution is 1.10. The Balaban J connectivity index is 1.89. The lowest BCUT2D eigenvalue weighted by Gasteiger charge is -2.03. The van der Waals surface area contributed by atoms with Gasteiger partial charge in [-0.05, 0) is 12.1 Å². The summed E-state index contributed by atoms with van der Waals surface area (Å²) < 4.78 is 4.65. The van der Waals surface area contributed by atoms with E-state index in [1.807, 2.05) is 24.3 Å². The third-order valence-corrected chi connectivity index (χ3v) is 4.42. The molecule has 2 N–H and O–H groups in total. The number of thiazole rings is 1. The zero-order valence-corrected chi connectivity index (χ0v) is 11.7. The Morgan fingerprint density at radius 1 is 1.47 bits per heavy atom. The van der Waals surface area contributed by atoms with Crippen LogP contribution in [0.3, 0.4) is 0 Å². The van der Waals surface area contributed by atoms with E-state index in [1.54, 1.807) is 6.20 Å². The maximum atomic E-state index is 8.94. The van der Waals surface area contributed by atoms with Gasteiger partial charge in [-0.3, -0.25) is 5.10 Å². The van der Waals surface area contributed by atoms with E-state index < -0.39 is 0 Å². The number of fused-ring (bicyclic) bond motifs is 1. The number of nitrogens with zero attached hydrogens (tertiary/aromatic N) is 3. The smallest absolute Gasteiger partial charge is 0.171 e. The molecule has 0 atom stereocenters. The minimum absolute atomic E-state index is 0.390. The molecule has 0 saturated carbocycles. The van der Waals surface area contributed by atoms with Crippen molar-refractivity contribution < 1.29 is 0 Å². The van der Waals surface area contributed by atoms with Crippen LogP contribution >= 0.6 is 34.9 Å². The molecule has 2 aromatic heterocycles. The first kappa shape index (κ1) is 12.3. The van der Waals surface area contributed by atoms with Crippen LogP contribution in [0, 0.1) is 11.3 Å². The quantitative estimate of drug-likeness (QED) is 0.722. The molecule has 0 aliphatic rings. The van der Waals surface area contributed by atoms with E-state index >= 15 is 0 Å². The summed E-state index contributed by atoms with van der Waals surface area (Å²) in [5.74, 6) is 0. The van der Waals surface area contributed by atoms with Crippen molar-refractivity contribution in [2.24, 2.45) is 0 Å². The van der Waals surface area contributed by atoms with Gasteiger partial charge in [0.1, 0.15) is 10.4 Å². The van der Waals surface area contributed by atoms with Crippen molar-refractivity contribution >= 4 is 51.5 Å². The van der Waals surface area contributed by atoms with Gasteiger partial charge in [0.15, 0.2) is 10.0 Å². The molecule has 0 radical (unpaired) electrons. The van der Waals surface area contributed by atoms with Crippen LogP contribution in [0.25, 0.3) is 10.9 Å². The predicted molar refractivity (Wildman–Crippen MR) is 77.4 cm³/mol. The lowest BCUT2D eigenvalue weighted by atomic mass is 10.2. The van der Waals surface area contributed by atoms with Crippen molar-refractivity contribution in [3.8, 4) is 6.07 Å². The van der Waals surface area contributed by atoms with Gasteiger partial charge in [-0.2, -0.15) is 10.4 Å². The number of nitriles is 1. The van der Waals surface area contributed by atoms with E-state index in [4.69, 9.17) is 16.9 Å². The van der Waals surface area contributed by atoms with Crippen molar-refractivity contribution in [3.05, 3.63) is 34.4 Å². The van der Waals surface area contributed by atoms with E-state index in [0.717, 1.165) is 20.9 Å². The van der Waals surface area contributed by atoms with Gasteiger partial charge in [0, 0.05) is 17.3 Å². The minimum atomic E-state index is 0.390. The third kappa shape index (κ3) is 2.38. The van der Waals surface area contributed by atoms with E-state index in [-0.39, 0.29) is 0 Å². The fourth-order valence-electron chi connectivity index (χ4n) is 1.60.